The van der Waals surface area contributed by atoms with E-state index in [0.29, 0.717) is 6.42 Å². The van der Waals surface area contributed by atoms with Gasteiger partial charge in [-0.05, 0) is 43.7 Å². The quantitative estimate of drug-likeness (QED) is 0.821. The lowest BCUT2D eigenvalue weighted by molar-refractivity contribution is -0.142. The van der Waals surface area contributed by atoms with E-state index in [1.54, 1.807) is 12.2 Å². The number of nitrogens with one attached hydrogen (secondary N) is 1. The SMILES string of the molecule is C/C=C/CC(NC(=O)C1CC12CCc1ccccc12)C(=O)O. The van der Waals surface area contributed by atoms with Gasteiger partial charge in [0.25, 0.3) is 0 Å². The molecule has 0 heterocycles. The van der Waals surface area contributed by atoms with Gasteiger partial charge < -0.3 is 10.4 Å². The van der Waals surface area contributed by atoms with Crippen molar-refractivity contribution in [2.75, 3.05) is 0 Å². The summed E-state index contributed by atoms with van der Waals surface area (Å²) in [5, 5.41) is 11.9. The van der Waals surface area contributed by atoms with E-state index in [0.717, 1.165) is 19.3 Å². The topological polar surface area (TPSA) is 66.4 Å². The molecule has 1 aromatic carbocycles. The molecule has 22 heavy (non-hydrogen) atoms. The number of carbonyl (C=O) groups is 2. The van der Waals surface area contributed by atoms with Gasteiger partial charge in [-0.1, -0.05) is 36.4 Å². The highest BCUT2D eigenvalue weighted by Gasteiger charge is 2.61. The predicted molar refractivity (Wildman–Crippen MR) is 83.5 cm³/mol. The van der Waals surface area contributed by atoms with E-state index in [1.807, 2.05) is 19.1 Å². The van der Waals surface area contributed by atoms with Crippen molar-refractivity contribution in [2.45, 2.75) is 44.1 Å². The summed E-state index contributed by atoms with van der Waals surface area (Å²) < 4.78 is 0. The normalized spacial score (nSPS) is 26.9. The number of hydrogen-bond acceptors (Lipinski definition) is 2. The van der Waals surface area contributed by atoms with Gasteiger partial charge in [0.15, 0.2) is 0 Å². The highest BCUT2D eigenvalue weighted by Crippen LogP contribution is 2.61. The molecule has 1 aromatic rings. The van der Waals surface area contributed by atoms with Gasteiger partial charge in [-0.3, -0.25) is 4.79 Å². The van der Waals surface area contributed by atoms with Crippen LogP contribution < -0.4 is 5.32 Å². The molecule has 3 rings (SSSR count). The Bertz CT molecular complexity index is 637. The molecule has 2 aliphatic carbocycles. The number of rotatable bonds is 5. The third kappa shape index (κ3) is 2.43. The van der Waals surface area contributed by atoms with Crippen molar-refractivity contribution in [2.24, 2.45) is 5.92 Å². The van der Waals surface area contributed by atoms with Gasteiger partial charge in [0.05, 0.1) is 0 Å². The molecule has 1 saturated carbocycles. The monoisotopic (exact) mass is 299 g/mol. The van der Waals surface area contributed by atoms with Crippen LogP contribution in [0.3, 0.4) is 0 Å². The van der Waals surface area contributed by atoms with Crippen molar-refractivity contribution in [3.05, 3.63) is 47.5 Å². The molecule has 0 saturated heterocycles. The number of carboxylic acid groups (broad SMARTS) is 1. The summed E-state index contributed by atoms with van der Waals surface area (Å²) in [4.78, 5) is 23.7. The van der Waals surface area contributed by atoms with E-state index >= 15 is 0 Å². The van der Waals surface area contributed by atoms with Gasteiger partial charge in [-0.2, -0.15) is 0 Å². The molecule has 0 radical (unpaired) electrons. The highest BCUT2D eigenvalue weighted by molar-refractivity contribution is 5.89. The molecular formula is C18H21NO3. The molecule has 0 aliphatic heterocycles. The van der Waals surface area contributed by atoms with Crippen molar-refractivity contribution in [1.82, 2.24) is 5.32 Å². The molecule has 1 amide bonds. The van der Waals surface area contributed by atoms with Crippen LogP contribution in [-0.2, 0) is 21.4 Å². The number of benzene rings is 1. The minimum absolute atomic E-state index is 0.0374. The molecular weight excluding hydrogens is 278 g/mol. The van der Waals surface area contributed by atoms with Gasteiger partial charge >= 0.3 is 5.97 Å². The van der Waals surface area contributed by atoms with Crippen LogP contribution in [0.5, 0.6) is 0 Å². The first-order valence-electron chi connectivity index (χ1n) is 7.81. The molecule has 1 fully saturated rings. The number of carboxylic acids is 1. The van der Waals surface area contributed by atoms with E-state index in [1.165, 1.54) is 11.1 Å². The Hall–Kier alpha value is -2.10. The Morgan fingerprint density at radius 1 is 1.45 bits per heavy atom. The number of aryl methyl sites for hydroxylation is 1. The Morgan fingerprint density at radius 3 is 2.95 bits per heavy atom. The molecule has 116 valence electrons. The van der Waals surface area contributed by atoms with E-state index in [9.17, 15) is 14.7 Å². The van der Waals surface area contributed by atoms with Gasteiger partial charge in [0.1, 0.15) is 6.04 Å². The van der Waals surface area contributed by atoms with Crippen LogP contribution in [0.15, 0.2) is 36.4 Å². The number of aliphatic carboxylic acids is 1. The first kappa shape index (κ1) is 14.8. The highest BCUT2D eigenvalue weighted by atomic mass is 16.4. The van der Waals surface area contributed by atoms with Gasteiger partial charge in [0, 0.05) is 11.3 Å². The van der Waals surface area contributed by atoms with Crippen molar-refractivity contribution in [3.8, 4) is 0 Å². The lowest BCUT2D eigenvalue weighted by Gasteiger charge is -2.15. The van der Waals surface area contributed by atoms with E-state index in [2.05, 4.69) is 17.4 Å². The van der Waals surface area contributed by atoms with Crippen molar-refractivity contribution in [1.29, 1.82) is 0 Å². The van der Waals surface area contributed by atoms with E-state index < -0.39 is 12.0 Å². The van der Waals surface area contributed by atoms with Crippen LogP contribution >= 0.6 is 0 Å². The largest absolute Gasteiger partial charge is 0.480 e. The predicted octanol–water partition coefficient (Wildman–Crippen LogP) is 2.43. The second-order valence-electron chi connectivity index (χ2n) is 6.27. The fraction of sp³-hybridized carbons (Fsp3) is 0.444. The minimum atomic E-state index is -0.979. The van der Waals surface area contributed by atoms with Crippen LogP contribution in [0.4, 0.5) is 0 Å². The third-order valence-corrected chi connectivity index (χ3v) is 5.01. The molecule has 3 atom stereocenters. The van der Waals surface area contributed by atoms with Crippen LogP contribution in [0, 0.1) is 5.92 Å². The first-order valence-corrected chi connectivity index (χ1v) is 7.81. The summed E-state index contributed by atoms with van der Waals surface area (Å²) in [6.45, 7) is 1.84. The molecule has 3 unspecified atom stereocenters. The summed E-state index contributed by atoms with van der Waals surface area (Å²) >= 11 is 0. The lowest BCUT2D eigenvalue weighted by atomic mass is 9.95. The fourth-order valence-electron chi connectivity index (χ4n) is 3.71. The van der Waals surface area contributed by atoms with Crippen molar-refractivity contribution >= 4 is 11.9 Å². The van der Waals surface area contributed by atoms with Crippen LogP contribution in [0.1, 0.15) is 37.3 Å². The summed E-state index contributed by atoms with van der Waals surface area (Å²) in [7, 11) is 0. The number of carbonyl (C=O) groups excluding carboxylic acids is 1. The standard InChI is InChI=1S/C18H21NO3/c1-2-3-8-15(17(21)22)19-16(20)14-11-18(14)10-9-12-6-4-5-7-13(12)18/h2-7,14-15H,8-11H2,1H3,(H,19,20)(H,21,22)/b3-2+. The molecule has 4 heteroatoms. The van der Waals surface area contributed by atoms with E-state index in [-0.39, 0.29) is 17.2 Å². The molecule has 0 aromatic heterocycles. The zero-order chi connectivity index (χ0) is 15.7. The minimum Gasteiger partial charge on any atom is -0.480 e. The number of hydrogen-bond donors (Lipinski definition) is 2. The van der Waals surface area contributed by atoms with Crippen LogP contribution in [0.25, 0.3) is 0 Å². The molecule has 0 bridgehead atoms. The third-order valence-electron chi connectivity index (χ3n) is 5.01. The van der Waals surface area contributed by atoms with Crippen LogP contribution in [0.2, 0.25) is 0 Å². The van der Waals surface area contributed by atoms with Crippen LogP contribution in [-0.4, -0.2) is 23.0 Å². The maximum absolute atomic E-state index is 12.5. The zero-order valence-corrected chi connectivity index (χ0v) is 12.7. The Balaban J connectivity index is 1.70. The fourth-order valence-corrected chi connectivity index (χ4v) is 3.71. The molecule has 2 aliphatic rings. The summed E-state index contributed by atoms with van der Waals surface area (Å²) in [5.41, 5.74) is 2.58. The molecule has 2 N–H and O–H groups in total. The average Bonchev–Trinajstić information content (AvgIpc) is 3.13. The van der Waals surface area contributed by atoms with E-state index in [4.69, 9.17) is 0 Å². The lowest BCUT2D eigenvalue weighted by Crippen LogP contribution is -2.42. The second kappa shape index (κ2) is 5.59. The zero-order valence-electron chi connectivity index (χ0n) is 12.7. The smallest absolute Gasteiger partial charge is 0.326 e. The number of allylic oxidation sites excluding steroid dienone is 1. The Kier molecular flexibility index (Phi) is 3.77. The average molecular weight is 299 g/mol. The van der Waals surface area contributed by atoms with Gasteiger partial charge in [0.2, 0.25) is 5.91 Å². The summed E-state index contributed by atoms with van der Waals surface area (Å²) in [5.74, 6) is -1.18. The first-order chi connectivity index (χ1) is 10.6. The second-order valence-corrected chi connectivity index (χ2v) is 6.27. The summed E-state index contributed by atoms with van der Waals surface area (Å²) in [6, 6.07) is 7.46. The Morgan fingerprint density at radius 2 is 2.23 bits per heavy atom. The maximum atomic E-state index is 12.5. The number of fused-ring (bicyclic) bond motifs is 2. The summed E-state index contributed by atoms with van der Waals surface area (Å²) in [6.07, 6.45) is 6.75. The van der Waals surface area contributed by atoms with Crippen molar-refractivity contribution in [3.63, 3.8) is 0 Å². The van der Waals surface area contributed by atoms with Crippen molar-refractivity contribution < 1.29 is 14.7 Å². The molecule has 4 nitrogen and oxygen atoms in total. The van der Waals surface area contributed by atoms with Gasteiger partial charge in [-0.15, -0.1) is 0 Å². The Labute approximate surface area is 130 Å². The maximum Gasteiger partial charge on any atom is 0.326 e. The molecule has 1 spiro atoms. The number of amides is 1. The van der Waals surface area contributed by atoms with Gasteiger partial charge in [-0.25, -0.2) is 4.79 Å².